The van der Waals surface area contributed by atoms with Gasteiger partial charge in [-0.25, -0.2) is 0 Å². The summed E-state index contributed by atoms with van der Waals surface area (Å²) in [7, 11) is 2.09. The van der Waals surface area contributed by atoms with Crippen molar-refractivity contribution < 1.29 is 0 Å². The van der Waals surface area contributed by atoms with Crippen LogP contribution in [0.4, 0.5) is 5.69 Å². The molecule has 1 aliphatic heterocycles. The van der Waals surface area contributed by atoms with E-state index in [1.54, 1.807) is 0 Å². The van der Waals surface area contributed by atoms with Crippen LogP contribution >= 0.6 is 0 Å². The van der Waals surface area contributed by atoms with Gasteiger partial charge in [0.2, 0.25) is 0 Å². The van der Waals surface area contributed by atoms with Crippen LogP contribution in [0.15, 0.2) is 30.5 Å². The topological polar surface area (TPSA) is 29.0 Å². The predicted octanol–water partition coefficient (Wildman–Crippen LogP) is 2.34. The lowest BCUT2D eigenvalue weighted by atomic mass is 10.1. The Bertz CT molecular complexity index is 509. The first-order chi connectivity index (χ1) is 8.34. The van der Waals surface area contributed by atoms with E-state index < -0.39 is 0 Å². The number of nitrogens with one attached hydrogen (secondary N) is 2. The summed E-state index contributed by atoms with van der Waals surface area (Å²) in [6.45, 7) is 2.23. The van der Waals surface area contributed by atoms with Crippen LogP contribution in [-0.4, -0.2) is 23.7 Å². The van der Waals surface area contributed by atoms with E-state index in [-0.39, 0.29) is 0 Å². The molecule has 1 aliphatic rings. The summed E-state index contributed by atoms with van der Waals surface area (Å²) in [6.07, 6.45) is 4.65. The summed E-state index contributed by atoms with van der Waals surface area (Å²) >= 11 is 0. The molecule has 1 unspecified atom stereocenters. The van der Waals surface area contributed by atoms with Crippen LogP contribution in [0.1, 0.15) is 12.8 Å². The molecule has 3 heteroatoms. The van der Waals surface area contributed by atoms with Gasteiger partial charge in [-0.05, 0) is 37.6 Å². The zero-order valence-electron chi connectivity index (χ0n) is 10.2. The summed E-state index contributed by atoms with van der Waals surface area (Å²) in [4.78, 5) is 0. The maximum absolute atomic E-state index is 3.66. The second-order valence-electron chi connectivity index (χ2n) is 4.85. The van der Waals surface area contributed by atoms with E-state index >= 15 is 0 Å². The van der Waals surface area contributed by atoms with Gasteiger partial charge in [-0.2, -0.15) is 0 Å². The molecule has 2 heterocycles. The molecule has 0 bridgehead atoms. The number of anilines is 1. The highest BCUT2D eigenvalue weighted by Gasteiger charge is 2.13. The first kappa shape index (κ1) is 10.7. The molecule has 0 radical (unpaired) electrons. The minimum Gasteiger partial charge on any atom is -0.380 e. The smallest absolute Gasteiger partial charge is 0.0498 e. The highest BCUT2D eigenvalue weighted by Crippen LogP contribution is 2.25. The Morgan fingerprint density at radius 3 is 3.12 bits per heavy atom. The van der Waals surface area contributed by atoms with Crippen LogP contribution in [0, 0.1) is 0 Å². The molecule has 1 aromatic heterocycles. The van der Waals surface area contributed by atoms with Crippen molar-refractivity contribution in [2.24, 2.45) is 7.05 Å². The Morgan fingerprint density at radius 1 is 1.35 bits per heavy atom. The Labute approximate surface area is 102 Å². The molecule has 2 N–H and O–H groups in total. The molecule has 0 aliphatic carbocycles. The van der Waals surface area contributed by atoms with Crippen LogP contribution in [0.5, 0.6) is 0 Å². The second kappa shape index (κ2) is 4.41. The molecule has 3 rings (SSSR count). The molecule has 0 saturated carbocycles. The average molecular weight is 229 g/mol. The number of nitrogens with zero attached hydrogens (tertiary/aromatic N) is 1. The summed E-state index contributed by atoms with van der Waals surface area (Å²) < 4.78 is 2.17. The lowest BCUT2D eigenvalue weighted by Crippen LogP contribution is -2.38. The standard InChI is InChI=1S/C14H19N3/c1-17-9-7-12-13(5-2-6-14(12)17)16-11-4-3-8-15-10-11/h2,5-7,9,11,15-16H,3-4,8,10H2,1H3. The zero-order chi connectivity index (χ0) is 11.7. The number of aryl methyl sites for hydroxylation is 1. The SMILES string of the molecule is Cn1ccc2c(NC3CCCNC3)cccc21. The van der Waals surface area contributed by atoms with Crippen molar-refractivity contribution in [1.82, 2.24) is 9.88 Å². The number of aromatic nitrogens is 1. The van der Waals surface area contributed by atoms with Crippen molar-refractivity contribution in [2.75, 3.05) is 18.4 Å². The van der Waals surface area contributed by atoms with Crippen LogP contribution in [0.2, 0.25) is 0 Å². The molecule has 0 spiro atoms. The lowest BCUT2D eigenvalue weighted by molar-refractivity contribution is 0.480. The molecule has 1 atom stereocenters. The van der Waals surface area contributed by atoms with Gasteiger partial charge in [0.15, 0.2) is 0 Å². The van der Waals surface area contributed by atoms with Crippen molar-refractivity contribution in [1.29, 1.82) is 0 Å². The van der Waals surface area contributed by atoms with E-state index in [0.29, 0.717) is 6.04 Å². The molecule has 17 heavy (non-hydrogen) atoms. The monoisotopic (exact) mass is 229 g/mol. The summed E-state index contributed by atoms with van der Waals surface area (Å²) in [5.41, 5.74) is 2.55. The van der Waals surface area contributed by atoms with E-state index in [1.165, 1.54) is 29.4 Å². The van der Waals surface area contributed by atoms with Crippen LogP contribution in [-0.2, 0) is 7.05 Å². The fourth-order valence-electron chi connectivity index (χ4n) is 2.62. The minimum atomic E-state index is 0.564. The Hall–Kier alpha value is -1.48. The van der Waals surface area contributed by atoms with Crippen molar-refractivity contribution in [3.05, 3.63) is 30.5 Å². The van der Waals surface area contributed by atoms with Gasteiger partial charge in [0.05, 0.1) is 0 Å². The molecule has 2 aromatic rings. The van der Waals surface area contributed by atoms with Gasteiger partial charge >= 0.3 is 0 Å². The number of piperidine rings is 1. The lowest BCUT2D eigenvalue weighted by Gasteiger charge is -2.25. The molecule has 1 saturated heterocycles. The van der Waals surface area contributed by atoms with Gasteiger partial charge in [-0.3, -0.25) is 0 Å². The predicted molar refractivity (Wildman–Crippen MR) is 72.4 cm³/mol. The molecule has 90 valence electrons. The van der Waals surface area contributed by atoms with E-state index in [4.69, 9.17) is 0 Å². The molecular formula is C14H19N3. The van der Waals surface area contributed by atoms with Gasteiger partial charge in [0.1, 0.15) is 0 Å². The fraction of sp³-hybridized carbons (Fsp3) is 0.429. The second-order valence-corrected chi connectivity index (χ2v) is 4.85. The van der Waals surface area contributed by atoms with Crippen LogP contribution in [0.3, 0.4) is 0 Å². The number of rotatable bonds is 2. The quantitative estimate of drug-likeness (QED) is 0.827. The number of fused-ring (bicyclic) bond motifs is 1. The van der Waals surface area contributed by atoms with Gasteiger partial charge in [-0.1, -0.05) is 6.07 Å². The molecular weight excluding hydrogens is 210 g/mol. The Kier molecular flexibility index (Phi) is 2.77. The third-order valence-electron chi connectivity index (χ3n) is 3.58. The van der Waals surface area contributed by atoms with E-state index in [0.717, 1.165) is 13.1 Å². The van der Waals surface area contributed by atoms with Crippen molar-refractivity contribution in [2.45, 2.75) is 18.9 Å². The van der Waals surface area contributed by atoms with E-state index in [9.17, 15) is 0 Å². The van der Waals surface area contributed by atoms with Crippen LogP contribution < -0.4 is 10.6 Å². The van der Waals surface area contributed by atoms with Crippen molar-refractivity contribution >= 4 is 16.6 Å². The fourth-order valence-corrected chi connectivity index (χ4v) is 2.62. The van der Waals surface area contributed by atoms with Crippen molar-refractivity contribution in [3.8, 4) is 0 Å². The molecule has 1 fully saturated rings. The van der Waals surface area contributed by atoms with Crippen molar-refractivity contribution in [3.63, 3.8) is 0 Å². The average Bonchev–Trinajstić information content (AvgIpc) is 2.74. The number of benzene rings is 1. The summed E-state index contributed by atoms with van der Waals surface area (Å²) in [6, 6.07) is 9.22. The molecule has 1 aromatic carbocycles. The first-order valence-electron chi connectivity index (χ1n) is 6.36. The summed E-state index contributed by atoms with van der Waals surface area (Å²) in [5, 5.41) is 8.42. The van der Waals surface area contributed by atoms with Crippen LogP contribution in [0.25, 0.3) is 10.9 Å². The van der Waals surface area contributed by atoms with Gasteiger partial charge in [0.25, 0.3) is 0 Å². The van der Waals surface area contributed by atoms with Gasteiger partial charge in [0, 0.05) is 42.4 Å². The number of hydrogen-bond acceptors (Lipinski definition) is 2. The highest BCUT2D eigenvalue weighted by atomic mass is 15.0. The first-order valence-corrected chi connectivity index (χ1v) is 6.36. The maximum atomic E-state index is 3.66. The normalized spacial score (nSPS) is 20.6. The molecule has 0 amide bonds. The van der Waals surface area contributed by atoms with E-state index in [2.05, 4.69) is 52.7 Å². The maximum Gasteiger partial charge on any atom is 0.0498 e. The third-order valence-corrected chi connectivity index (χ3v) is 3.58. The Balaban J connectivity index is 1.89. The molecule has 3 nitrogen and oxygen atoms in total. The number of hydrogen-bond donors (Lipinski definition) is 2. The highest BCUT2D eigenvalue weighted by molar-refractivity contribution is 5.92. The van der Waals surface area contributed by atoms with E-state index in [1.807, 2.05) is 0 Å². The third kappa shape index (κ3) is 2.03. The zero-order valence-corrected chi connectivity index (χ0v) is 10.2. The van der Waals surface area contributed by atoms with Gasteiger partial charge < -0.3 is 15.2 Å². The minimum absolute atomic E-state index is 0.564. The summed E-state index contributed by atoms with van der Waals surface area (Å²) in [5.74, 6) is 0. The largest absolute Gasteiger partial charge is 0.380 e. The van der Waals surface area contributed by atoms with Gasteiger partial charge in [-0.15, -0.1) is 0 Å². The Morgan fingerprint density at radius 2 is 2.29 bits per heavy atom.